The average Bonchev–Trinajstić information content (AvgIpc) is 3.14. The first-order chi connectivity index (χ1) is 13.5. The van der Waals surface area contributed by atoms with Crippen molar-refractivity contribution >= 4 is 38.2 Å². The highest BCUT2D eigenvalue weighted by Gasteiger charge is 2.13. The topological polar surface area (TPSA) is 64.0 Å². The lowest BCUT2D eigenvalue weighted by Crippen LogP contribution is -2.33. The molecule has 2 aromatic heterocycles. The molecule has 6 heteroatoms. The van der Waals surface area contributed by atoms with Crippen molar-refractivity contribution in [3.05, 3.63) is 75.7 Å². The molecule has 1 unspecified atom stereocenters. The first kappa shape index (κ1) is 18.4. The number of hydrogen-bond donors (Lipinski definition) is 1. The molecule has 28 heavy (non-hydrogen) atoms. The van der Waals surface area contributed by atoms with Crippen LogP contribution in [0.5, 0.6) is 0 Å². The Hall–Kier alpha value is -2.99. The van der Waals surface area contributed by atoms with E-state index in [1.165, 1.54) is 22.2 Å². The van der Waals surface area contributed by atoms with Gasteiger partial charge >= 0.3 is 0 Å². The Balaban J connectivity index is 1.51. The monoisotopic (exact) mass is 391 g/mol. The van der Waals surface area contributed by atoms with Gasteiger partial charge in [-0.3, -0.25) is 14.2 Å². The first-order valence-electron chi connectivity index (χ1n) is 9.31. The van der Waals surface area contributed by atoms with Crippen LogP contribution in [0.25, 0.3) is 21.0 Å². The second kappa shape index (κ2) is 7.56. The Morgan fingerprint density at radius 3 is 2.75 bits per heavy atom. The van der Waals surface area contributed by atoms with Gasteiger partial charge in [0.25, 0.3) is 5.56 Å². The molecule has 142 valence electrons. The molecule has 0 radical (unpaired) electrons. The van der Waals surface area contributed by atoms with Gasteiger partial charge in [0.05, 0.1) is 17.8 Å². The Morgan fingerprint density at radius 1 is 1.18 bits per heavy atom. The van der Waals surface area contributed by atoms with Crippen molar-refractivity contribution in [2.75, 3.05) is 0 Å². The summed E-state index contributed by atoms with van der Waals surface area (Å²) in [7, 11) is 0. The number of benzene rings is 2. The minimum Gasteiger partial charge on any atom is -0.348 e. The molecule has 0 saturated heterocycles. The Bertz CT molecular complexity index is 1230. The maximum Gasteiger partial charge on any atom is 0.262 e. The zero-order valence-electron chi connectivity index (χ0n) is 15.8. The molecule has 2 heterocycles. The number of amides is 1. The number of hydrogen-bond acceptors (Lipinski definition) is 4. The molecule has 4 aromatic rings. The van der Waals surface area contributed by atoms with Gasteiger partial charge in [-0.15, -0.1) is 11.3 Å². The smallest absolute Gasteiger partial charge is 0.262 e. The van der Waals surface area contributed by atoms with Gasteiger partial charge in [-0.05, 0) is 41.8 Å². The largest absolute Gasteiger partial charge is 0.348 e. The van der Waals surface area contributed by atoms with Crippen LogP contribution in [0, 0.1) is 0 Å². The highest BCUT2D eigenvalue weighted by molar-refractivity contribution is 7.18. The number of carbonyl (C=O) groups is 1. The summed E-state index contributed by atoms with van der Waals surface area (Å²) in [4.78, 5) is 31.3. The zero-order chi connectivity index (χ0) is 19.7. The number of nitrogens with zero attached hydrogens (tertiary/aromatic N) is 2. The fraction of sp³-hybridized carbons (Fsp3) is 0.227. The maximum absolute atomic E-state index is 12.6. The number of nitrogens with one attached hydrogen (secondary N) is 1. The molecule has 1 N–H and O–H groups in total. The molecule has 4 rings (SSSR count). The van der Waals surface area contributed by atoms with E-state index in [2.05, 4.69) is 34.6 Å². The Morgan fingerprint density at radius 2 is 1.96 bits per heavy atom. The van der Waals surface area contributed by atoms with Crippen LogP contribution in [-0.2, 0) is 17.8 Å². The van der Waals surface area contributed by atoms with Crippen molar-refractivity contribution in [2.45, 2.75) is 32.9 Å². The number of aryl methyl sites for hydroxylation is 1. The van der Waals surface area contributed by atoms with Gasteiger partial charge in [0.15, 0.2) is 0 Å². The molecule has 5 nitrogen and oxygen atoms in total. The second-order valence-corrected chi connectivity index (χ2v) is 7.97. The third-order valence-corrected chi connectivity index (χ3v) is 6.07. The van der Waals surface area contributed by atoms with Crippen molar-refractivity contribution < 1.29 is 4.79 Å². The van der Waals surface area contributed by atoms with Crippen molar-refractivity contribution in [1.82, 2.24) is 14.9 Å². The summed E-state index contributed by atoms with van der Waals surface area (Å²) in [6.45, 7) is 3.94. The molecule has 0 aliphatic carbocycles. The standard InChI is InChI=1S/C22H21N3O2S/c1-3-18-11-19-21(28-18)23-13-25(22(19)27)12-20(26)24-14(2)16-9-8-15-6-4-5-7-17(15)10-16/h4-11,13-14H,3,12H2,1-2H3,(H,24,26). The molecule has 0 aliphatic heterocycles. The van der Waals surface area contributed by atoms with Gasteiger partial charge < -0.3 is 5.32 Å². The number of thiophene rings is 1. The van der Waals surface area contributed by atoms with Crippen LogP contribution in [0.4, 0.5) is 0 Å². The molecule has 0 aliphatic rings. The van der Waals surface area contributed by atoms with Crippen LogP contribution < -0.4 is 10.9 Å². The second-order valence-electron chi connectivity index (χ2n) is 6.86. The maximum atomic E-state index is 12.6. The Labute approximate surface area is 166 Å². The van der Waals surface area contributed by atoms with Crippen molar-refractivity contribution in [1.29, 1.82) is 0 Å². The van der Waals surface area contributed by atoms with Gasteiger partial charge in [0, 0.05) is 4.88 Å². The van der Waals surface area contributed by atoms with E-state index in [0.29, 0.717) is 5.39 Å². The predicted molar refractivity (Wildman–Crippen MR) is 114 cm³/mol. The number of rotatable bonds is 5. The van der Waals surface area contributed by atoms with Crippen LogP contribution in [0.1, 0.15) is 30.3 Å². The molecule has 0 bridgehead atoms. The average molecular weight is 391 g/mol. The van der Waals surface area contributed by atoms with Crippen LogP contribution in [0.15, 0.2) is 59.7 Å². The fourth-order valence-corrected chi connectivity index (χ4v) is 4.22. The third-order valence-electron chi connectivity index (χ3n) is 4.88. The van der Waals surface area contributed by atoms with E-state index >= 15 is 0 Å². The van der Waals surface area contributed by atoms with Crippen LogP contribution >= 0.6 is 11.3 Å². The van der Waals surface area contributed by atoms with Crippen molar-refractivity contribution in [2.24, 2.45) is 0 Å². The van der Waals surface area contributed by atoms with Crippen molar-refractivity contribution in [3.8, 4) is 0 Å². The summed E-state index contributed by atoms with van der Waals surface area (Å²) in [5, 5.41) is 5.86. The molecular formula is C22H21N3O2S. The zero-order valence-corrected chi connectivity index (χ0v) is 16.6. The van der Waals surface area contributed by atoms with Gasteiger partial charge in [-0.2, -0.15) is 0 Å². The van der Waals surface area contributed by atoms with E-state index in [0.717, 1.165) is 32.5 Å². The van der Waals surface area contributed by atoms with Gasteiger partial charge in [-0.1, -0.05) is 43.3 Å². The highest BCUT2D eigenvalue weighted by atomic mass is 32.1. The summed E-state index contributed by atoms with van der Waals surface area (Å²) >= 11 is 1.52. The van der Waals surface area contributed by atoms with E-state index in [1.54, 1.807) is 0 Å². The lowest BCUT2D eigenvalue weighted by molar-refractivity contribution is -0.122. The molecule has 2 aromatic carbocycles. The summed E-state index contributed by atoms with van der Waals surface area (Å²) < 4.78 is 1.37. The van der Waals surface area contributed by atoms with Crippen molar-refractivity contribution in [3.63, 3.8) is 0 Å². The third kappa shape index (κ3) is 3.55. The van der Waals surface area contributed by atoms with Gasteiger partial charge in [0.1, 0.15) is 11.4 Å². The van der Waals surface area contributed by atoms with Crippen LogP contribution in [0.2, 0.25) is 0 Å². The summed E-state index contributed by atoms with van der Waals surface area (Å²) in [6, 6.07) is 16.0. The fourth-order valence-electron chi connectivity index (χ4n) is 3.30. The van der Waals surface area contributed by atoms with Gasteiger partial charge in [0.2, 0.25) is 5.91 Å². The number of aromatic nitrogens is 2. The van der Waals surface area contributed by atoms with Gasteiger partial charge in [-0.25, -0.2) is 4.98 Å². The lowest BCUT2D eigenvalue weighted by atomic mass is 10.0. The molecule has 1 atom stereocenters. The van der Waals surface area contributed by atoms with E-state index < -0.39 is 0 Å². The molecular weight excluding hydrogens is 370 g/mol. The van der Waals surface area contributed by atoms with E-state index in [9.17, 15) is 9.59 Å². The molecule has 1 amide bonds. The normalized spacial score (nSPS) is 12.4. The minimum absolute atomic E-state index is 0.0446. The minimum atomic E-state index is -0.213. The summed E-state index contributed by atoms with van der Waals surface area (Å²) in [5.74, 6) is -0.213. The van der Waals surface area contributed by atoms with Crippen LogP contribution in [-0.4, -0.2) is 15.5 Å². The summed E-state index contributed by atoms with van der Waals surface area (Å²) in [5.41, 5.74) is 0.854. The molecule has 0 spiro atoms. The molecule has 0 fully saturated rings. The lowest BCUT2D eigenvalue weighted by Gasteiger charge is -2.15. The van der Waals surface area contributed by atoms with E-state index in [1.807, 2.05) is 38.1 Å². The SMILES string of the molecule is CCc1cc2c(=O)n(CC(=O)NC(C)c3ccc4ccccc4c3)cnc2s1. The Kier molecular flexibility index (Phi) is 4.96. The summed E-state index contributed by atoms with van der Waals surface area (Å²) in [6.07, 6.45) is 2.32. The van der Waals surface area contributed by atoms with E-state index in [4.69, 9.17) is 0 Å². The number of fused-ring (bicyclic) bond motifs is 2. The molecule has 0 saturated carbocycles. The first-order valence-corrected chi connectivity index (χ1v) is 10.1. The highest BCUT2D eigenvalue weighted by Crippen LogP contribution is 2.21. The van der Waals surface area contributed by atoms with E-state index in [-0.39, 0.29) is 24.1 Å². The quantitative estimate of drug-likeness (QED) is 0.558. The van der Waals surface area contributed by atoms with Crippen LogP contribution in [0.3, 0.4) is 0 Å². The predicted octanol–water partition coefficient (Wildman–Crippen LogP) is 4.05. The number of carbonyl (C=O) groups excluding carboxylic acids is 1.